The largest absolute Gasteiger partial charge is 0.501 e. The molecule has 0 amide bonds. The molecule has 3 heteroatoms. The lowest BCUT2D eigenvalue weighted by Gasteiger charge is -2.36. The molecule has 2 aliphatic carbocycles. The van der Waals surface area contributed by atoms with Gasteiger partial charge in [0.25, 0.3) is 0 Å². The predicted molar refractivity (Wildman–Crippen MR) is 59.8 cm³/mol. The summed E-state index contributed by atoms with van der Waals surface area (Å²) >= 11 is 0. The van der Waals surface area contributed by atoms with Crippen molar-refractivity contribution in [1.82, 2.24) is 0 Å². The maximum atomic E-state index is 5.78. The van der Waals surface area contributed by atoms with Gasteiger partial charge in [0.2, 0.25) is 0 Å². The summed E-state index contributed by atoms with van der Waals surface area (Å²) in [7, 11) is 1.75. The lowest BCUT2D eigenvalue weighted by molar-refractivity contribution is -0.164. The maximum absolute atomic E-state index is 5.78. The highest BCUT2D eigenvalue weighted by Crippen LogP contribution is 2.43. The van der Waals surface area contributed by atoms with Crippen LogP contribution in [0, 0.1) is 0 Å². The van der Waals surface area contributed by atoms with Crippen molar-refractivity contribution in [1.29, 1.82) is 0 Å². The van der Waals surface area contributed by atoms with Gasteiger partial charge in [0.05, 0.1) is 26.1 Å². The van der Waals surface area contributed by atoms with E-state index in [4.69, 9.17) is 14.2 Å². The van der Waals surface area contributed by atoms with Gasteiger partial charge >= 0.3 is 0 Å². The van der Waals surface area contributed by atoms with Gasteiger partial charge in [-0.05, 0) is 18.9 Å². The molecule has 0 unspecified atom stereocenters. The van der Waals surface area contributed by atoms with E-state index in [0.29, 0.717) is 0 Å². The van der Waals surface area contributed by atoms with Gasteiger partial charge in [0, 0.05) is 19.3 Å². The van der Waals surface area contributed by atoms with Gasteiger partial charge in [0.15, 0.2) is 5.79 Å². The molecule has 1 aliphatic heterocycles. The molecule has 16 heavy (non-hydrogen) atoms. The molecule has 1 saturated heterocycles. The van der Waals surface area contributed by atoms with Gasteiger partial charge in [0.1, 0.15) is 0 Å². The third-order valence-electron chi connectivity index (χ3n) is 3.83. The van der Waals surface area contributed by atoms with Crippen LogP contribution in [0.4, 0.5) is 0 Å². The fraction of sp³-hybridized carbons (Fsp3) is 0.692. The third-order valence-corrected chi connectivity index (χ3v) is 3.83. The number of allylic oxidation sites excluding steroid dienone is 3. The molecule has 1 heterocycles. The van der Waals surface area contributed by atoms with Crippen LogP contribution in [0.3, 0.4) is 0 Å². The standard InChI is InChI=1S/C13H18O3/c1-14-12-3-2-10-4-5-13(9-11(10)8-12)15-6-7-16-13/h3H,2,4-9H2,1H3. The summed E-state index contributed by atoms with van der Waals surface area (Å²) in [4.78, 5) is 0. The Balaban J connectivity index is 1.77. The van der Waals surface area contributed by atoms with E-state index in [-0.39, 0.29) is 5.79 Å². The number of rotatable bonds is 1. The second-order valence-corrected chi connectivity index (χ2v) is 4.75. The smallest absolute Gasteiger partial charge is 0.172 e. The third kappa shape index (κ3) is 1.68. The first-order valence-corrected chi connectivity index (χ1v) is 6.02. The molecule has 88 valence electrons. The zero-order valence-electron chi connectivity index (χ0n) is 9.75. The topological polar surface area (TPSA) is 27.7 Å². The average Bonchev–Trinajstić information content (AvgIpc) is 2.76. The van der Waals surface area contributed by atoms with Gasteiger partial charge < -0.3 is 14.2 Å². The van der Waals surface area contributed by atoms with Crippen LogP contribution < -0.4 is 0 Å². The van der Waals surface area contributed by atoms with Crippen LogP contribution in [-0.2, 0) is 14.2 Å². The molecule has 3 nitrogen and oxygen atoms in total. The van der Waals surface area contributed by atoms with E-state index in [1.807, 2.05) is 0 Å². The second kappa shape index (κ2) is 3.90. The summed E-state index contributed by atoms with van der Waals surface area (Å²) in [5.41, 5.74) is 3.05. The average molecular weight is 222 g/mol. The second-order valence-electron chi connectivity index (χ2n) is 4.75. The van der Waals surface area contributed by atoms with Crippen LogP contribution in [0.15, 0.2) is 23.0 Å². The highest BCUT2D eigenvalue weighted by Gasteiger charge is 2.41. The fourth-order valence-corrected chi connectivity index (χ4v) is 2.91. The van der Waals surface area contributed by atoms with Crippen LogP contribution in [0.25, 0.3) is 0 Å². The molecule has 1 fully saturated rings. The normalized spacial score (nSPS) is 27.9. The van der Waals surface area contributed by atoms with Crippen molar-refractivity contribution in [2.24, 2.45) is 0 Å². The maximum Gasteiger partial charge on any atom is 0.172 e. The predicted octanol–water partition coefficient (Wildman–Crippen LogP) is 2.53. The summed E-state index contributed by atoms with van der Waals surface area (Å²) in [6, 6.07) is 0. The molecular formula is C13H18O3. The van der Waals surface area contributed by atoms with Crippen molar-refractivity contribution in [3.05, 3.63) is 23.0 Å². The lowest BCUT2D eigenvalue weighted by atomic mass is 9.81. The molecule has 0 aromatic heterocycles. The Morgan fingerprint density at radius 3 is 2.81 bits per heavy atom. The molecule has 0 radical (unpaired) electrons. The number of hydrogen-bond donors (Lipinski definition) is 0. The first kappa shape index (κ1) is 10.4. The van der Waals surface area contributed by atoms with Crippen molar-refractivity contribution in [2.45, 2.75) is 37.9 Å². The van der Waals surface area contributed by atoms with Gasteiger partial charge in [-0.15, -0.1) is 0 Å². The van der Waals surface area contributed by atoms with Crippen molar-refractivity contribution in [3.63, 3.8) is 0 Å². The van der Waals surface area contributed by atoms with Crippen LogP contribution in [0.2, 0.25) is 0 Å². The van der Waals surface area contributed by atoms with Gasteiger partial charge in [-0.3, -0.25) is 0 Å². The molecule has 0 saturated carbocycles. The molecule has 0 atom stereocenters. The quantitative estimate of drug-likeness (QED) is 0.638. The van der Waals surface area contributed by atoms with E-state index in [1.54, 1.807) is 12.7 Å². The lowest BCUT2D eigenvalue weighted by Crippen LogP contribution is -2.34. The van der Waals surface area contributed by atoms with E-state index < -0.39 is 0 Å². The zero-order valence-corrected chi connectivity index (χ0v) is 9.75. The van der Waals surface area contributed by atoms with Crippen molar-refractivity contribution in [2.75, 3.05) is 20.3 Å². The summed E-state index contributed by atoms with van der Waals surface area (Å²) in [5.74, 6) is 0.795. The highest BCUT2D eigenvalue weighted by molar-refractivity contribution is 5.30. The van der Waals surface area contributed by atoms with Crippen LogP contribution in [0.1, 0.15) is 32.1 Å². The molecule has 0 bridgehead atoms. The van der Waals surface area contributed by atoms with E-state index in [0.717, 1.165) is 51.1 Å². The summed E-state index contributed by atoms with van der Waals surface area (Å²) in [6.07, 6.45) is 7.26. The van der Waals surface area contributed by atoms with Crippen molar-refractivity contribution in [3.8, 4) is 0 Å². The first-order chi connectivity index (χ1) is 7.81. The minimum absolute atomic E-state index is 0.297. The monoisotopic (exact) mass is 222 g/mol. The van der Waals surface area contributed by atoms with E-state index >= 15 is 0 Å². The van der Waals surface area contributed by atoms with E-state index in [1.165, 1.54) is 5.57 Å². The summed E-state index contributed by atoms with van der Waals surface area (Å²) in [5, 5.41) is 0. The van der Waals surface area contributed by atoms with Crippen LogP contribution in [-0.4, -0.2) is 26.1 Å². The molecule has 3 aliphatic rings. The number of hydrogen-bond acceptors (Lipinski definition) is 3. The first-order valence-electron chi connectivity index (χ1n) is 6.02. The molecule has 1 spiro atoms. The Morgan fingerprint density at radius 1 is 1.25 bits per heavy atom. The summed E-state index contributed by atoms with van der Waals surface area (Å²) in [6.45, 7) is 1.49. The molecule has 0 aromatic carbocycles. The molecule has 0 aromatic rings. The SMILES string of the molecule is COC1=CCC2=C(C1)CC1(CC2)OCCO1. The van der Waals surface area contributed by atoms with E-state index in [9.17, 15) is 0 Å². The van der Waals surface area contributed by atoms with Gasteiger partial charge in [-0.1, -0.05) is 11.1 Å². The van der Waals surface area contributed by atoms with Gasteiger partial charge in [-0.2, -0.15) is 0 Å². The molecular weight excluding hydrogens is 204 g/mol. The Bertz CT molecular complexity index is 348. The Kier molecular flexibility index (Phi) is 2.52. The van der Waals surface area contributed by atoms with Gasteiger partial charge in [-0.25, -0.2) is 0 Å². The summed E-state index contributed by atoms with van der Waals surface area (Å²) < 4.78 is 16.9. The Hall–Kier alpha value is -0.800. The van der Waals surface area contributed by atoms with Crippen LogP contribution in [0.5, 0.6) is 0 Å². The van der Waals surface area contributed by atoms with E-state index in [2.05, 4.69) is 6.08 Å². The molecule has 3 rings (SSSR count). The highest BCUT2D eigenvalue weighted by atomic mass is 16.7. The van der Waals surface area contributed by atoms with Crippen molar-refractivity contribution >= 4 is 0 Å². The number of ether oxygens (including phenoxy) is 3. The van der Waals surface area contributed by atoms with Crippen molar-refractivity contribution < 1.29 is 14.2 Å². The van der Waals surface area contributed by atoms with Crippen LogP contribution >= 0.6 is 0 Å². The minimum Gasteiger partial charge on any atom is -0.501 e. The fourth-order valence-electron chi connectivity index (χ4n) is 2.91. The Morgan fingerprint density at radius 2 is 2.06 bits per heavy atom. The Labute approximate surface area is 96.1 Å². The molecule has 0 N–H and O–H groups in total. The number of methoxy groups -OCH3 is 1. The zero-order chi connectivity index (χ0) is 11.0. The minimum atomic E-state index is -0.297.